The second-order valence-corrected chi connectivity index (χ2v) is 6.08. The van der Waals surface area contributed by atoms with Gasteiger partial charge in [0.05, 0.1) is 5.02 Å². The van der Waals surface area contributed by atoms with Gasteiger partial charge in [-0.1, -0.05) is 11.6 Å². The molecule has 130 valence electrons. The molecule has 1 saturated heterocycles. The highest BCUT2D eigenvalue weighted by atomic mass is 35.5. The number of nitrogens with two attached hydrogens (primary N) is 1. The van der Waals surface area contributed by atoms with Crippen LogP contribution >= 0.6 is 24.0 Å². The first-order chi connectivity index (χ1) is 10.5. The topological polar surface area (TPSA) is 80.4 Å². The number of carbonyl (C=O) groups is 2. The highest BCUT2D eigenvalue weighted by molar-refractivity contribution is 6.31. The Labute approximate surface area is 147 Å². The van der Waals surface area contributed by atoms with Crippen LogP contribution in [0, 0.1) is 0 Å². The van der Waals surface area contributed by atoms with E-state index in [9.17, 15) is 9.59 Å². The first kappa shape index (κ1) is 19.8. The van der Waals surface area contributed by atoms with Crippen LogP contribution in [0.15, 0.2) is 12.3 Å². The van der Waals surface area contributed by atoms with Gasteiger partial charge in [0, 0.05) is 45.3 Å². The lowest BCUT2D eigenvalue weighted by atomic mass is 10.0. The minimum Gasteiger partial charge on any atom is -0.354 e. The number of aryl methyl sites for hydroxylation is 1. The molecule has 6 nitrogen and oxygen atoms in total. The maximum atomic E-state index is 12.7. The van der Waals surface area contributed by atoms with Gasteiger partial charge < -0.3 is 20.5 Å². The monoisotopic (exact) mass is 362 g/mol. The first-order valence-corrected chi connectivity index (χ1v) is 8.00. The SMILES string of the molecule is Cl.Cn1cc(Cl)cc1C(=O)N1CCCCC1CNC(=O)CCN. The largest absolute Gasteiger partial charge is 0.354 e. The fraction of sp³-hybridized carbons (Fsp3) is 0.600. The van der Waals surface area contributed by atoms with E-state index in [1.165, 1.54) is 0 Å². The third-order valence-electron chi connectivity index (χ3n) is 3.98. The van der Waals surface area contributed by atoms with Gasteiger partial charge in [-0.15, -0.1) is 12.4 Å². The van der Waals surface area contributed by atoms with Crippen LogP contribution in [0.4, 0.5) is 0 Å². The Kier molecular flexibility index (Phi) is 7.88. The summed E-state index contributed by atoms with van der Waals surface area (Å²) in [5, 5.41) is 3.42. The number of carbonyl (C=O) groups excluding carboxylic acids is 2. The van der Waals surface area contributed by atoms with E-state index >= 15 is 0 Å². The van der Waals surface area contributed by atoms with E-state index < -0.39 is 0 Å². The molecule has 0 saturated carbocycles. The van der Waals surface area contributed by atoms with Gasteiger partial charge in [-0.2, -0.15) is 0 Å². The Balaban J connectivity index is 0.00000264. The molecular weight excluding hydrogens is 339 g/mol. The summed E-state index contributed by atoms with van der Waals surface area (Å²) in [5.74, 6) is -0.102. The van der Waals surface area contributed by atoms with E-state index in [2.05, 4.69) is 5.32 Å². The van der Waals surface area contributed by atoms with Crippen molar-refractivity contribution in [2.24, 2.45) is 12.8 Å². The van der Waals surface area contributed by atoms with Gasteiger partial charge in [-0.3, -0.25) is 9.59 Å². The van der Waals surface area contributed by atoms with Gasteiger partial charge in [0.25, 0.3) is 5.91 Å². The number of amides is 2. The zero-order chi connectivity index (χ0) is 16.1. The van der Waals surface area contributed by atoms with Crippen LogP contribution in [-0.2, 0) is 11.8 Å². The molecule has 1 aliphatic heterocycles. The maximum absolute atomic E-state index is 12.7. The molecule has 0 aromatic carbocycles. The summed E-state index contributed by atoms with van der Waals surface area (Å²) in [7, 11) is 1.81. The predicted octanol–water partition coefficient (Wildman–Crippen LogP) is 1.56. The third-order valence-corrected chi connectivity index (χ3v) is 4.19. The number of halogens is 2. The lowest BCUT2D eigenvalue weighted by Crippen LogP contribution is -2.49. The Bertz CT molecular complexity index is 548. The van der Waals surface area contributed by atoms with Gasteiger partial charge in [0.15, 0.2) is 0 Å². The molecule has 2 heterocycles. The van der Waals surface area contributed by atoms with Crippen LogP contribution in [0.3, 0.4) is 0 Å². The Hall–Kier alpha value is -1.24. The summed E-state index contributed by atoms with van der Waals surface area (Å²) in [5.41, 5.74) is 5.94. The number of aromatic nitrogens is 1. The van der Waals surface area contributed by atoms with Crippen LogP contribution < -0.4 is 11.1 Å². The highest BCUT2D eigenvalue weighted by Gasteiger charge is 2.29. The smallest absolute Gasteiger partial charge is 0.270 e. The predicted molar refractivity (Wildman–Crippen MR) is 93.0 cm³/mol. The summed E-state index contributed by atoms with van der Waals surface area (Å²) >= 11 is 5.96. The summed E-state index contributed by atoms with van der Waals surface area (Å²) < 4.78 is 1.74. The highest BCUT2D eigenvalue weighted by Crippen LogP contribution is 2.21. The van der Waals surface area contributed by atoms with Gasteiger partial charge in [-0.25, -0.2) is 0 Å². The Morgan fingerprint density at radius 1 is 1.43 bits per heavy atom. The fourth-order valence-corrected chi connectivity index (χ4v) is 3.06. The molecule has 0 spiro atoms. The minimum atomic E-state index is -0.0672. The van der Waals surface area contributed by atoms with E-state index in [1.54, 1.807) is 23.9 Å². The molecule has 1 aliphatic rings. The van der Waals surface area contributed by atoms with E-state index in [0.29, 0.717) is 36.8 Å². The average molecular weight is 363 g/mol. The van der Waals surface area contributed by atoms with Crippen LogP contribution in [-0.4, -0.2) is 47.0 Å². The van der Waals surface area contributed by atoms with Crippen molar-refractivity contribution in [3.05, 3.63) is 23.0 Å². The second kappa shape index (κ2) is 9.15. The molecule has 1 fully saturated rings. The van der Waals surface area contributed by atoms with Crippen molar-refractivity contribution in [2.75, 3.05) is 19.6 Å². The van der Waals surface area contributed by atoms with Crippen LogP contribution in [0.1, 0.15) is 36.2 Å². The summed E-state index contributed by atoms with van der Waals surface area (Å²) in [6, 6.07) is 1.71. The first-order valence-electron chi connectivity index (χ1n) is 7.62. The number of nitrogens with one attached hydrogen (secondary N) is 1. The van der Waals surface area contributed by atoms with E-state index in [0.717, 1.165) is 19.3 Å². The van der Waals surface area contributed by atoms with E-state index in [-0.39, 0.29) is 30.3 Å². The molecule has 8 heteroatoms. The zero-order valence-electron chi connectivity index (χ0n) is 13.3. The van der Waals surface area contributed by atoms with Crippen molar-refractivity contribution in [2.45, 2.75) is 31.7 Å². The number of nitrogens with zero attached hydrogens (tertiary/aromatic N) is 2. The third kappa shape index (κ3) is 5.12. The van der Waals surface area contributed by atoms with Gasteiger partial charge in [-0.05, 0) is 25.3 Å². The number of rotatable bonds is 5. The summed E-state index contributed by atoms with van der Waals surface area (Å²) in [4.78, 5) is 26.1. The molecule has 1 aromatic heterocycles. The molecule has 23 heavy (non-hydrogen) atoms. The molecular formula is C15H24Cl2N4O2. The van der Waals surface area contributed by atoms with Gasteiger partial charge >= 0.3 is 0 Å². The zero-order valence-corrected chi connectivity index (χ0v) is 14.8. The number of likely N-dealkylation sites (tertiary alicyclic amines) is 1. The Morgan fingerprint density at radius 3 is 2.78 bits per heavy atom. The molecule has 0 aliphatic carbocycles. The summed E-state index contributed by atoms with van der Waals surface area (Å²) in [6.45, 7) is 1.52. The standard InChI is InChI=1S/C15H23ClN4O2.ClH/c1-19-10-11(16)8-13(19)15(22)20-7-3-2-4-12(20)9-18-14(21)5-6-17;/h8,10,12H,2-7,9,17H2,1H3,(H,18,21);1H. The van der Waals surface area contributed by atoms with E-state index in [1.807, 2.05) is 4.90 Å². The van der Waals surface area contributed by atoms with Crippen LogP contribution in [0.5, 0.6) is 0 Å². The van der Waals surface area contributed by atoms with Crippen molar-refractivity contribution >= 4 is 35.8 Å². The normalized spacial score (nSPS) is 17.5. The molecule has 3 N–H and O–H groups in total. The molecule has 0 radical (unpaired) electrons. The van der Waals surface area contributed by atoms with Gasteiger partial charge in [0.2, 0.25) is 5.91 Å². The number of piperidine rings is 1. The van der Waals surface area contributed by atoms with Crippen molar-refractivity contribution in [1.82, 2.24) is 14.8 Å². The number of hydrogen-bond acceptors (Lipinski definition) is 3. The van der Waals surface area contributed by atoms with E-state index in [4.69, 9.17) is 17.3 Å². The second-order valence-electron chi connectivity index (χ2n) is 5.65. The minimum absolute atomic E-state index is 0. The molecule has 1 aromatic rings. The van der Waals surface area contributed by atoms with Crippen molar-refractivity contribution in [3.63, 3.8) is 0 Å². The molecule has 2 amide bonds. The average Bonchev–Trinajstić information content (AvgIpc) is 2.84. The lowest BCUT2D eigenvalue weighted by Gasteiger charge is -2.36. The van der Waals surface area contributed by atoms with Crippen LogP contribution in [0.2, 0.25) is 5.02 Å². The molecule has 2 rings (SSSR count). The van der Waals surface area contributed by atoms with Crippen molar-refractivity contribution in [1.29, 1.82) is 0 Å². The Morgan fingerprint density at radius 2 is 2.17 bits per heavy atom. The fourth-order valence-electron chi connectivity index (χ4n) is 2.82. The quantitative estimate of drug-likeness (QED) is 0.833. The van der Waals surface area contributed by atoms with Gasteiger partial charge in [0.1, 0.15) is 5.69 Å². The lowest BCUT2D eigenvalue weighted by molar-refractivity contribution is -0.121. The molecule has 1 unspecified atom stereocenters. The molecule has 1 atom stereocenters. The van der Waals surface area contributed by atoms with Crippen molar-refractivity contribution in [3.8, 4) is 0 Å². The van der Waals surface area contributed by atoms with Crippen LogP contribution in [0.25, 0.3) is 0 Å². The summed E-state index contributed by atoms with van der Waals surface area (Å²) in [6.07, 6.45) is 4.98. The number of hydrogen-bond donors (Lipinski definition) is 2. The molecule has 0 bridgehead atoms. The maximum Gasteiger partial charge on any atom is 0.270 e. The van der Waals surface area contributed by atoms with Crippen molar-refractivity contribution < 1.29 is 9.59 Å².